The Kier molecular flexibility index (Phi) is 5.14. The molecule has 0 fully saturated rings. The predicted molar refractivity (Wildman–Crippen MR) is 87.0 cm³/mol. The van der Waals surface area contributed by atoms with E-state index >= 15 is 0 Å². The average molecular weight is 342 g/mol. The van der Waals surface area contributed by atoms with E-state index < -0.39 is 23.7 Å². The minimum absolute atomic E-state index is 0.378. The van der Waals surface area contributed by atoms with Crippen molar-refractivity contribution < 1.29 is 14.7 Å². The van der Waals surface area contributed by atoms with Crippen LogP contribution < -0.4 is 4.42 Å². The Balaban J connectivity index is 2.26. The number of carboxylic acids is 1. The van der Waals surface area contributed by atoms with Gasteiger partial charge in [0.15, 0.2) is 0 Å². The number of anilines is 1. The van der Waals surface area contributed by atoms with E-state index in [4.69, 9.17) is 23.4 Å². The second-order valence-corrected chi connectivity index (χ2v) is 6.39. The Hall–Kier alpha value is -1.52. The van der Waals surface area contributed by atoms with Crippen molar-refractivity contribution in [3.63, 3.8) is 0 Å². The summed E-state index contributed by atoms with van der Waals surface area (Å²) in [5, 5.41) is 9.94. The molecule has 2 rings (SSSR count). The molecule has 118 valence electrons. The van der Waals surface area contributed by atoms with Crippen LogP contribution in [0.4, 0.5) is 5.69 Å². The highest BCUT2D eigenvalue weighted by Gasteiger charge is 2.39. The molecule has 0 aliphatic heterocycles. The molecule has 1 aromatic carbocycles. The van der Waals surface area contributed by atoms with Gasteiger partial charge in [-0.2, -0.15) is 0 Å². The smallest absolute Gasteiger partial charge is 0.307 e. The molecule has 1 aliphatic carbocycles. The van der Waals surface area contributed by atoms with E-state index in [1.807, 2.05) is 13.8 Å². The number of carboxylic acid groups (broad SMARTS) is 1. The number of hydrogen-bond acceptors (Lipinski definition) is 2. The number of carbonyl (C=O) groups excluding carboxylic acids is 1. The molecule has 1 aromatic rings. The lowest BCUT2D eigenvalue weighted by Crippen LogP contribution is -2.39. The molecular weight excluding hydrogens is 325 g/mol. The minimum atomic E-state index is -0.966. The summed E-state index contributed by atoms with van der Waals surface area (Å²) in [5.74, 6) is -2.77. The average Bonchev–Trinajstić information content (AvgIpc) is 2.48. The molecule has 0 bridgehead atoms. The fraction of sp³-hybridized carbons (Fsp3) is 0.375. The van der Waals surface area contributed by atoms with E-state index in [9.17, 15) is 14.7 Å². The van der Waals surface area contributed by atoms with Crippen molar-refractivity contribution in [3.8, 4) is 0 Å². The number of aliphatic carboxylic acids is 1. The lowest BCUT2D eigenvalue weighted by atomic mass is 9.76. The summed E-state index contributed by atoms with van der Waals surface area (Å²) in [7, 11) is 0. The predicted octanol–water partition coefficient (Wildman–Crippen LogP) is 4.27. The highest BCUT2D eigenvalue weighted by molar-refractivity contribution is 6.37. The van der Waals surface area contributed by atoms with Crippen LogP contribution in [0.3, 0.4) is 0 Å². The van der Waals surface area contributed by atoms with Crippen LogP contribution in [0.1, 0.15) is 26.7 Å². The van der Waals surface area contributed by atoms with Gasteiger partial charge < -0.3 is 5.11 Å². The van der Waals surface area contributed by atoms with Crippen molar-refractivity contribution in [3.05, 3.63) is 40.4 Å². The van der Waals surface area contributed by atoms with E-state index in [1.54, 1.807) is 24.3 Å². The van der Waals surface area contributed by atoms with Crippen molar-refractivity contribution in [2.75, 3.05) is 4.42 Å². The molecule has 22 heavy (non-hydrogen) atoms. The summed E-state index contributed by atoms with van der Waals surface area (Å²) in [5.41, 5.74) is 2.56. The molecule has 1 aliphatic rings. The standard InChI is InChI=1S/C16H17Cl2NO3/c1-9-7-13(14(16(21)22)8-10(9)2)15(20)19(18)12-5-3-11(17)4-6-12/h3-6,13-14H,7-8H2,1-2H3,(H,21,22). The number of rotatable bonds is 3. The first-order valence-electron chi connectivity index (χ1n) is 6.94. The monoisotopic (exact) mass is 341 g/mol. The maximum absolute atomic E-state index is 12.6. The lowest BCUT2D eigenvalue weighted by Gasteiger charge is -2.31. The Morgan fingerprint density at radius 2 is 1.59 bits per heavy atom. The van der Waals surface area contributed by atoms with E-state index in [1.165, 1.54) is 0 Å². The Morgan fingerprint density at radius 3 is 2.09 bits per heavy atom. The normalized spacial score (nSPS) is 21.6. The molecular formula is C16H17Cl2NO3. The number of hydrogen-bond donors (Lipinski definition) is 1. The molecule has 0 aromatic heterocycles. The molecule has 6 heteroatoms. The molecule has 0 heterocycles. The van der Waals surface area contributed by atoms with Crippen LogP contribution in [0.15, 0.2) is 35.4 Å². The zero-order valence-electron chi connectivity index (χ0n) is 12.3. The summed E-state index contributed by atoms with van der Waals surface area (Å²) in [4.78, 5) is 24.1. The Labute approximate surface area is 139 Å². The van der Waals surface area contributed by atoms with Gasteiger partial charge in [0.1, 0.15) is 0 Å². The van der Waals surface area contributed by atoms with Gasteiger partial charge >= 0.3 is 5.97 Å². The molecule has 0 saturated carbocycles. The number of nitrogens with zero attached hydrogens (tertiary/aromatic N) is 1. The Bertz CT molecular complexity index is 625. The largest absolute Gasteiger partial charge is 0.481 e. The van der Waals surface area contributed by atoms with E-state index in [0.29, 0.717) is 23.6 Å². The summed E-state index contributed by atoms with van der Waals surface area (Å²) in [6, 6.07) is 6.51. The van der Waals surface area contributed by atoms with Crippen LogP contribution in [-0.4, -0.2) is 17.0 Å². The first kappa shape index (κ1) is 16.8. The molecule has 0 radical (unpaired) electrons. The molecule has 0 saturated heterocycles. The summed E-state index contributed by atoms with van der Waals surface area (Å²) in [6.45, 7) is 3.83. The first-order chi connectivity index (χ1) is 10.3. The number of allylic oxidation sites excluding steroid dienone is 2. The van der Waals surface area contributed by atoms with Crippen LogP contribution >= 0.6 is 23.4 Å². The van der Waals surface area contributed by atoms with Gasteiger partial charge in [-0.1, -0.05) is 22.7 Å². The van der Waals surface area contributed by atoms with E-state index in [0.717, 1.165) is 15.6 Å². The quantitative estimate of drug-likeness (QED) is 0.659. The highest BCUT2D eigenvalue weighted by Crippen LogP contribution is 2.36. The zero-order chi connectivity index (χ0) is 16.4. The molecule has 4 nitrogen and oxygen atoms in total. The fourth-order valence-corrected chi connectivity index (χ4v) is 3.02. The maximum Gasteiger partial charge on any atom is 0.307 e. The van der Waals surface area contributed by atoms with E-state index in [-0.39, 0.29) is 0 Å². The second kappa shape index (κ2) is 6.71. The number of benzene rings is 1. The molecule has 1 amide bonds. The van der Waals surface area contributed by atoms with Gasteiger partial charge in [0.05, 0.1) is 17.5 Å². The lowest BCUT2D eigenvalue weighted by molar-refractivity contribution is -0.146. The molecule has 2 atom stereocenters. The van der Waals surface area contributed by atoms with Crippen LogP contribution in [-0.2, 0) is 9.59 Å². The van der Waals surface area contributed by atoms with Crippen LogP contribution in [0.2, 0.25) is 5.02 Å². The van der Waals surface area contributed by atoms with Crippen molar-refractivity contribution in [2.24, 2.45) is 11.8 Å². The number of halogens is 2. The SMILES string of the molecule is CC1=C(C)CC(C(=O)N(Cl)c2ccc(Cl)cc2)C(C(=O)O)C1. The zero-order valence-corrected chi connectivity index (χ0v) is 13.9. The minimum Gasteiger partial charge on any atom is -0.481 e. The molecule has 2 unspecified atom stereocenters. The molecule has 1 N–H and O–H groups in total. The summed E-state index contributed by atoms with van der Waals surface area (Å²) < 4.78 is 0.991. The topological polar surface area (TPSA) is 57.6 Å². The van der Waals surface area contributed by atoms with Crippen LogP contribution in [0.5, 0.6) is 0 Å². The number of amides is 1. The second-order valence-electron chi connectivity index (χ2n) is 5.62. The van der Waals surface area contributed by atoms with Gasteiger partial charge in [0, 0.05) is 16.8 Å². The van der Waals surface area contributed by atoms with Crippen molar-refractivity contribution in [2.45, 2.75) is 26.7 Å². The third-order valence-corrected chi connectivity index (χ3v) is 4.76. The van der Waals surface area contributed by atoms with Gasteiger partial charge in [-0.05, 0) is 51.0 Å². The third-order valence-electron chi connectivity index (χ3n) is 4.15. The van der Waals surface area contributed by atoms with Gasteiger partial charge in [-0.25, -0.2) is 4.42 Å². The van der Waals surface area contributed by atoms with Gasteiger partial charge in [0.2, 0.25) is 5.91 Å². The van der Waals surface area contributed by atoms with Gasteiger partial charge in [-0.15, -0.1) is 0 Å². The van der Waals surface area contributed by atoms with Crippen molar-refractivity contribution in [1.29, 1.82) is 0 Å². The van der Waals surface area contributed by atoms with Crippen molar-refractivity contribution >= 4 is 40.9 Å². The Morgan fingerprint density at radius 1 is 1.09 bits per heavy atom. The summed E-state index contributed by atoms with van der Waals surface area (Å²) >= 11 is 11.9. The van der Waals surface area contributed by atoms with Crippen molar-refractivity contribution in [1.82, 2.24) is 0 Å². The van der Waals surface area contributed by atoms with Gasteiger partial charge in [-0.3, -0.25) is 9.59 Å². The van der Waals surface area contributed by atoms with Crippen LogP contribution in [0, 0.1) is 11.8 Å². The maximum atomic E-state index is 12.6. The highest BCUT2D eigenvalue weighted by atomic mass is 35.5. The molecule has 0 spiro atoms. The van der Waals surface area contributed by atoms with E-state index in [2.05, 4.69) is 0 Å². The fourth-order valence-electron chi connectivity index (χ4n) is 2.66. The van der Waals surface area contributed by atoms with Crippen LogP contribution in [0.25, 0.3) is 0 Å². The van der Waals surface area contributed by atoms with Gasteiger partial charge in [0.25, 0.3) is 0 Å². The first-order valence-corrected chi connectivity index (χ1v) is 7.66. The summed E-state index contributed by atoms with van der Waals surface area (Å²) in [6.07, 6.45) is 0.793. The number of carbonyl (C=O) groups is 2. The third kappa shape index (κ3) is 3.45.